The average molecular weight is 391 g/mol. The molecule has 1 spiro atoms. The molecule has 1 atom stereocenters. The molecule has 1 saturated carbocycles. The fraction of sp³-hybridized carbons (Fsp3) is 0.417. The van der Waals surface area contributed by atoms with Gasteiger partial charge in [0.05, 0.1) is 0 Å². The summed E-state index contributed by atoms with van der Waals surface area (Å²) in [7, 11) is 0. The number of carbonyl (C=O) groups is 2. The summed E-state index contributed by atoms with van der Waals surface area (Å²) < 4.78 is 5.73. The minimum Gasteiger partial charge on any atom is -0.480 e. The average Bonchev–Trinajstić information content (AvgIpc) is 3.43. The van der Waals surface area contributed by atoms with E-state index in [1.54, 1.807) is 0 Å². The molecular weight excluding hydrogens is 366 g/mol. The molecule has 2 aromatic carbocycles. The molecule has 1 saturated heterocycles. The van der Waals surface area contributed by atoms with Crippen molar-refractivity contribution in [3.63, 3.8) is 0 Å². The number of aliphatic carboxylic acids is 1. The third-order valence-corrected chi connectivity index (χ3v) is 7.15. The Kier molecular flexibility index (Phi) is 4.34. The molecule has 1 unspecified atom stereocenters. The number of likely N-dealkylation sites (tertiary alicyclic amines) is 1. The fourth-order valence-corrected chi connectivity index (χ4v) is 5.81. The van der Waals surface area contributed by atoms with E-state index in [2.05, 4.69) is 24.3 Å². The highest BCUT2D eigenvalue weighted by Crippen LogP contribution is 2.50. The van der Waals surface area contributed by atoms with E-state index < -0.39 is 18.1 Å². The number of carboxylic acid groups (broad SMARTS) is 1. The molecule has 1 amide bonds. The number of hydrogen-bond donors (Lipinski definition) is 1. The van der Waals surface area contributed by atoms with Crippen LogP contribution in [-0.2, 0) is 9.53 Å². The lowest BCUT2D eigenvalue weighted by atomic mass is 9.79. The second kappa shape index (κ2) is 6.90. The zero-order chi connectivity index (χ0) is 20.0. The summed E-state index contributed by atoms with van der Waals surface area (Å²) >= 11 is 0. The molecule has 1 aliphatic heterocycles. The van der Waals surface area contributed by atoms with Gasteiger partial charge in [-0.1, -0.05) is 61.4 Å². The van der Waals surface area contributed by atoms with Crippen LogP contribution in [0.2, 0.25) is 0 Å². The Hall–Kier alpha value is -2.82. The molecule has 29 heavy (non-hydrogen) atoms. The lowest BCUT2D eigenvalue weighted by molar-refractivity contribution is -0.145. The lowest BCUT2D eigenvalue weighted by Gasteiger charge is -2.31. The largest absolute Gasteiger partial charge is 0.480 e. The Balaban J connectivity index is 1.35. The molecule has 5 nitrogen and oxygen atoms in total. The molecule has 2 fully saturated rings. The summed E-state index contributed by atoms with van der Waals surface area (Å²) in [5.74, 6) is -0.921. The van der Waals surface area contributed by atoms with E-state index in [0.717, 1.165) is 43.2 Å². The normalized spacial score (nSPS) is 21.9. The SMILES string of the molecule is O=C(O)C1N(C(=O)OCC2c3ccccc3-c3ccccc32)CCC12CCCC2. The van der Waals surface area contributed by atoms with Gasteiger partial charge in [-0.15, -0.1) is 0 Å². The van der Waals surface area contributed by atoms with Crippen LogP contribution in [0.25, 0.3) is 11.1 Å². The van der Waals surface area contributed by atoms with Crippen molar-refractivity contribution in [1.82, 2.24) is 4.90 Å². The van der Waals surface area contributed by atoms with Crippen molar-refractivity contribution in [3.8, 4) is 11.1 Å². The quantitative estimate of drug-likeness (QED) is 0.827. The maximum Gasteiger partial charge on any atom is 0.410 e. The molecule has 3 aliphatic rings. The molecule has 0 radical (unpaired) electrons. The molecule has 1 heterocycles. The van der Waals surface area contributed by atoms with E-state index in [1.165, 1.54) is 16.0 Å². The first-order valence-corrected chi connectivity index (χ1v) is 10.5. The zero-order valence-corrected chi connectivity index (χ0v) is 16.3. The number of benzene rings is 2. The van der Waals surface area contributed by atoms with Gasteiger partial charge in [0.1, 0.15) is 12.6 Å². The van der Waals surface area contributed by atoms with Crippen molar-refractivity contribution in [2.24, 2.45) is 5.41 Å². The molecule has 1 N–H and O–H groups in total. The summed E-state index contributed by atoms with van der Waals surface area (Å²) in [6.45, 7) is 0.691. The van der Waals surface area contributed by atoms with Gasteiger partial charge >= 0.3 is 12.1 Å². The van der Waals surface area contributed by atoms with Gasteiger partial charge in [0.15, 0.2) is 0 Å². The van der Waals surface area contributed by atoms with E-state index >= 15 is 0 Å². The molecule has 0 aromatic heterocycles. The minimum atomic E-state index is -0.905. The van der Waals surface area contributed by atoms with Crippen molar-refractivity contribution in [1.29, 1.82) is 0 Å². The smallest absolute Gasteiger partial charge is 0.410 e. The van der Waals surface area contributed by atoms with E-state index in [4.69, 9.17) is 4.74 Å². The van der Waals surface area contributed by atoms with Crippen LogP contribution in [0.15, 0.2) is 48.5 Å². The highest BCUT2D eigenvalue weighted by atomic mass is 16.6. The van der Waals surface area contributed by atoms with Crippen LogP contribution in [-0.4, -0.2) is 41.3 Å². The number of nitrogens with zero attached hydrogens (tertiary/aromatic N) is 1. The third kappa shape index (κ3) is 2.83. The Morgan fingerprint density at radius 2 is 1.55 bits per heavy atom. The van der Waals surface area contributed by atoms with Gasteiger partial charge in [-0.25, -0.2) is 9.59 Å². The minimum absolute atomic E-state index is 0.0160. The van der Waals surface area contributed by atoms with Crippen molar-refractivity contribution in [2.75, 3.05) is 13.2 Å². The number of fused-ring (bicyclic) bond motifs is 3. The van der Waals surface area contributed by atoms with Gasteiger partial charge in [0.2, 0.25) is 0 Å². The van der Waals surface area contributed by atoms with E-state index in [0.29, 0.717) is 6.54 Å². The molecule has 2 aliphatic carbocycles. The summed E-state index contributed by atoms with van der Waals surface area (Å²) in [5.41, 5.74) is 4.41. The predicted octanol–water partition coefficient (Wildman–Crippen LogP) is 4.65. The second-order valence-electron chi connectivity index (χ2n) is 8.56. The van der Waals surface area contributed by atoms with Crippen LogP contribution in [0, 0.1) is 5.41 Å². The lowest BCUT2D eigenvalue weighted by Crippen LogP contribution is -2.47. The first-order chi connectivity index (χ1) is 14.1. The van der Waals surface area contributed by atoms with Gasteiger partial charge in [0.25, 0.3) is 0 Å². The van der Waals surface area contributed by atoms with Gasteiger partial charge < -0.3 is 9.84 Å². The van der Waals surface area contributed by atoms with E-state index in [9.17, 15) is 14.7 Å². The number of rotatable bonds is 3. The van der Waals surface area contributed by atoms with E-state index in [-0.39, 0.29) is 17.9 Å². The molecule has 2 aromatic rings. The van der Waals surface area contributed by atoms with Crippen LogP contribution in [0.1, 0.15) is 49.1 Å². The molecule has 5 heteroatoms. The summed E-state index contributed by atoms with van der Waals surface area (Å²) in [4.78, 5) is 26.4. The summed E-state index contributed by atoms with van der Waals surface area (Å²) in [6, 6.07) is 15.6. The molecular formula is C24H25NO4. The van der Waals surface area contributed by atoms with E-state index in [1.807, 2.05) is 24.3 Å². The van der Waals surface area contributed by atoms with Crippen LogP contribution in [0.3, 0.4) is 0 Å². The topological polar surface area (TPSA) is 66.8 Å². The van der Waals surface area contributed by atoms with Gasteiger partial charge in [-0.2, -0.15) is 0 Å². The second-order valence-corrected chi connectivity index (χ2v) is 8.56. The summed E-state index contributed by atoms with van der Waals surface area (Å²) in [5, 5.41) is 9.85. The fourth-order valence-electron chi connectivity index (χ4n) is 5.81. The Bertz CT molecular complexity index is 917. The van der Waals surface area contributed by atoms with Crippen LogP contribution >= 0.6 is 0 Å². The highest BCUT2D eigenvalue weighted by Gasteiger charge is 2.54. The Morgan fingerprint density at radius 1 is 0.966 bits per heavy atom. The van der Waals surface area contributed by atoms with Gasteiger partial charge in [0, 0.05) is 17.9 Å². The maximum absolute atomic E-state index is 12.9. The monoisotopic (exact) mass is 391 g/mol. The number of carboxylic acids is 1. The van der Waals surface area contributed by atoms with Crippen LogP contribution in [0.5, 0.6) is 0 Å². The molecule has 0 bridgehead atoms. The maximum atomic E-state index is 12.9. The van der Waals surface area contributed by atoms with Crippen molar-refractivity contribution in [3.05, 3.63) is 59.7 Å². The van der Waals surface area contributed by atoms with Crippen molar-refractivity contribution < 1.29 is 19.4 Å². The predicted molar refractivity (Wildman–Crippen MR) is 109 cm³/mol. The van der Waals surface area contributed by atoms with Crippen LogP contribution < -0.4 is 0 Å². The van der Waals surface area contributed by atoms with Crippen molar-refractivity contribution in [2.45, 2.75) is 44.1 Å². The van der Waals surface area contributed by atoms with Crippen molar-refractivity contribution >= 4 is 12.1 Å². The summed E-state index contributed by atoms with van der Waals surface area (Å²) in [6.07, 6.45) is 4.12. The number of ether oxygens (including phenoxy) is 1. The Labute approximate surface area is 170 Å². The number of amides is 1. The molecule has 150 valence electrons. The van der Waals surface area contributed by atoms with Crippen LogP contribution in [0.4, 0.5) is 4.79 Å². The first kappa shape index (κ1) is 18.2. The highest BCUT2D eigenvalue weighted by molar-refractivity contribution is 5.82. The first-order valence-electron chi connectivity index (χ1n) is 10.5. The number of carbonyl (C=O) groups excluding carboxylic acids is 1. The standard InChI is InChI=1S/C24H25NO4/c26-22(27)21-24(11-5-6-12-24)13-14-25(21)23(28)29-15-20-18-9-3-1-7-16(18)17-8-2-4-10-19(17)20/h1-4,7-10,20-21H,5-6,11-15H2,(H,26,27). The zero-order valence-electron chi connectivity index (χ0n) is 16.3. The third-order valence-electron chi connectivity index (χ3n) is 7.15. The molecule has 5 rings (SSSR count). The van der Waals surface area contributed by atoms with Gasteiger partial charge in [-0.05, 0) is 41.5 Å². The van der Waals surface area contributed by atoms with Gasteiger partial charge in [-0.3, -0.25) is 4.90 Å². The number of hydrogen-bond acceptors (Lipinski definition) is 3. The Morgan fingerprint density at radius 3 is 2.14 bits per heavy atom.